The number of hydrogen-bond donors (Lipinski definition) is 1. The Hall–Kier alpha value is -0.300. The van der Waals surface area contributed by atoms with Crippen LogP contribution >= 0.6 is 0 Å². The molecule has 0 aromatic rings. The lowest BCUT2D eigenvalue weighted by Crippen LogP contribution is -2.38. The van der Waals surface area contributed by atoms with Crippen LogP contribution < -0.4 is 5.32 Å². The normalized spacial score (nSPS) is 17.8. The first-order chi connectivity index (χ1) is 6.11. The van der Waals surface area contributed by atoms with Gasteiger partial charge < -0.3 is 5.32 Å². The van der Waals surface area contributed by atoms with Crippen molar-refractivity contribution in [3.8, 4) is 0 Å². The van der Waals surface area contributed by atoms with Crippen molar-refractivity contribution < 1.29 is 0 Å². The maximum atomic E-state index is 3.74. The Kier molecular flexibility index (Phi) is 6.97. The van der Waals surface area contributed by atoms with Gasteiger partial charge in [0.25, 0.3) is 0 Å². The summed E-state index contributed by atoms with van der Waals surface area (Å²) in [5.74, 6) is 0.770. The second kappa shape index (κ2) is 7.14. The van der Waals surface area contributed by atoms with Crippen LogP contribution in [0.1, 0.15) is 47.0 Å². The highest BCUT2D eigenvalue weighted by atomic mass is 14.9. The highest BCUT2D eigenvalue weighted by Gasteiger charge is 2.11. The summed E-state index contributed by atoms with van der Waals surface area (Å²) in [6, 6.07) is 1.24. The first-order valence-corrected chi connectivity index (χ1v) is 5.48. The van der Waals surface area contributed by atoms with Gasteiger partial charge in [-0.1, -0.05) is 26.3 Å². The molecule has 1 N–H and O–H groups in total. The van der Waals surface area contributed by atoms with Crippen molar-refractivity contribution in [1.29, 1.82) is 0 Å². The van der Waals surface area contributed by atoms with E-state index < -0.39 is 0 Å². The van der Waals surface area contributed by atoms with E-state index in [0.29, 0.717) is 12.1 Å². The highest BCUT2D eigenvalue weighted by Crippen LogP contribution is 2.08. The van der Waals surface area contributed by atoms with Crippen LogP contribution in [-0.2, 0) is 0 Å². The first-order valence-electron chi connectivity index (χ1n) is 5.48. The molecule has 0 fully saturated rings. The molecule has 0 aliphatic carbocycles. The molecular formula is C12H25N. The van der Waals surface area contributed by atoms with Crippen molar-refractivity contribution in [3.63, 3.8) is 0 Å². The molecule has 0 aliphatic rings. The Bertz CT molecular complexity index is 131. The van der Waals surface area contributed by atoms with Crippen molar-refractivity contribution in [2.75, 3.05) is 0 Å². The molecule has 78 valence electrons. The van der Waals surface area contributed by atoms with Crippen LogP contribution in [-0.4, -0.2) is 12.1 Å². The first kappa shape index (κ1) is 12.7. The number of nitrogens with one attached hydrogen (secondary N) is 1. The van der Waals surface area contributed by atoms with Gasteiger partial charge in [-0.25, -0.2) is 0 Å². The monoisotopic (exact) mass is 183 g/mol. The Morgan fingerprint density at radius 1 is 1.31 bits per heavy atom. The summed E-state index contributed by atoms with van der Waals surface area (Å²) >= 11 is 0. The van der Waals surface area contributed by atoms with Crippen molar-refractivity contribution in [2.24, 2.45) is 5.92 Å². The lowest BCUT2D eigenvalue weighted by Gasteiger charge is -2.24. The largest absolute Gasteiger partial charge is 0.312 e. The zero-order chi connectivity index (χ0) is 10.3. The Morgan fingerprint density at radius 3 is 2.38 bits per heavy atom. The van der Waals surface area contributed by atoms with Gasteiger partial charge in [0, 0.05) is 12.1 Å². The number of hydrogen-bond acceptors (Lipinski definition) is 1. The molecule has 0 radical (unpaired) electrons. The summed E-state index contributed by atoms with van der Waals surface area (Å²) in [4.78, 5) is 0. The molecule has 1 nitrogen and oxygen atoms in total. The van der Waals surface area contributed by atoms with E-state index in [4.69, 9.17) is 0 Å². The minimum absolute atomic E-state index is 0.613. The summed E-state index contributed by atoms with van der Waals surface area (Å²) in [5.41, 5.74) is 0. The van der Waals surface area contributed by atoms with Crippen LogP contribution in [0.25, 0.3) is 0 Å². The molecule has 0 heterocycles. The third-order valence-corrected chi connectivity index (χ3v) is 2.85. The predicted octanol–water partition coefficient (Wildman–Crippen LogP) is 3.37. The molecule has 13 heavy (non-hydrogen) atoms. The summed E-state index contributed by atoms with van der Waals surface area (Å²) in [6.07, 6.45) is 5.56. The lowest BCUT2D eigenvalue weighted by molar-refractivity contribution is 0.349. The van der Waals surface area contributed by atoms with E-state index in [0.717, 1.165) is 12.3 Å². The maximum Gasteiger partial charge on any atom is 0.00667 e. The van der Waals surface area contributed by atoms with Gasteiger partial charge in [-0.2, -0.15) is 0 Å². The van der Waals surface area contributed by atoms with Crippen LogP contribution in [0.15, 0.2) is 12.7 Å². The van der Waals surface area contributed by atoms with Crippen LogP contribution in [0, 0.1) is 5.92 Å². The van der Waals surface area contributed by atoms with Crippen molar-refractivity contribution in [2.45, 2.75) is 59.0 Å². The Labute approximate surface area is 83.6 Å². The minimum Gasteiger partial charge on any atom is -0.312 e. The highest BCUT2D eigenvalue weighted by molar-refractivity contribution is 4.75. The second-order valence-electron chi connectivity index (χ2n) is 4.11. The summed E-state index contributed by atoms with van der Waals surface area (Å²) in [6.45, 7) is 12.8. The topological polar surface area (TPSA) is 12.0 Å². The molecule has 0 aromatic heterocycles. The van der Waals surface area contributed by atoms with Crippen LogP contribution in [0.5, 0.6) is 0 Å². The molecule has 0 spiro atoms. The molecule has 3 unspecified atom stereocenters. The van der Waals surface area contributed by atoms with Crippen LogP contribution in [0.4, 0.5) is 0 Å². The van der Waals surface area contributed by atoms with Crippen LogP contribution in [0.3, 0.4) is 0 Å². The summed E-state index contributed by atoms with van der Waals surface area (Å²) < 4.78 is 0. The maximum absolute atomic E-state index is 3.74. The van der Waals surface area contributed by atoms with Gasteiger partial charge in [-0.05, 0) is 32.6 Å². The summed E-state index contributed by atoms with van der Waals surface area (Å²) in [5, 5.41) is 3.62. The van der Waals surface area contributed by atoms with E-state index in [9.17, 15) is 0 Å². The van der Waals surface area contributed by atoms with Crippen LogP contribution in [0.2, 0.25) is 0 Å². The fourth-order valence-corrected chi connectivity index (χ4v) is 1.42. The van der Waals surface area contributed by atoms with Gasteiger partial charge >= 0.3 is 0 Å². The van der Waals surface area contributed by atoms with Gasteiger partial charge in [0.05, 0.1) is 0 Å². The Balaban J connectivity index is 3.63. The van der Waals surface area contributed by atoms with Gasteiger partial charge in [0.1, 0.15) is 0 Å². The molecule has 0 aromatic carbocycles. The second-order valence-corrected chi connectivity index (χ2v) is 4.11. The van der Waals surface area contributed by atoms with E-state index in [1.54, 1.807) is 0 Å². The van der Waals surface area contributed by atoms with Crippen molar-refractivity contribution in [1.82, 2.24) is 5.32 Å². The van der Waals surface area contributed by atoms with Gasteiger partial charge in [0.2, 0.25) is 0 Å². The smallest absolute Gasteiger partial charge is 0.00667 e. The fourth-order valence-electron chi connectivity index (χ4n) is 1.42. The van der Waals surface area contributed by atoms with E-state index in [-0.39, 0.29) is 0 Å². The molecule has 0 aliphatic heterocycles. The number of rotatable bonds is 7. The fraction of sp³-hybridized carbons (Fsp3) is 0.833. The van der Waals surface area contributed by atoms with Crippen molar-refractivity contribution in [3.05, 3.63) is 12.7 Å². The third-order valence-electron chi connectivity index (χ3n) is 2.85. The SMILES string of the molecule is C=CCCC(C)NC(C)C(C)CC. The molecule has 3 atom stereocenters. The molecule has 0 bridgehead atoms. The standard InChI is InChI=1S/C12H25N/c1-6-8-9-11(4)13-12(5)10(3)7-2/h6,10-13H,1,7-9H2,2-5H3. The average molecular weight is 183 g/mol. The molecule has 1 heteroatoms. The van der Waals surface area contributed by atoms with E-state index >= 15 is 0 Å². The lowest BCUT2D eigenvalue weighted by atomic mass is 9.99. The zero-order valence-electron chi connectivity index (χ0n) is 9.64. The quantitative estimate of drug-likeness (QED) is 0.597. The zero-order valence-corrected chi connectivity index (χ0v) is 9.64. The van der Waals surface area contributed by atoms with Gasteiger partial charge in [-0.15, -0.1) is 6.58 Å². The predicted molar refractivity (Wildman–Crippen MR) is 60.9 cm³/mol. The molecule has 0 amide bonds. The van der Waals surface area contributed by atoms with Gasteiger partial charge in [0.15, 0.2) is 0 Å². The minimum atomic E-state index is 0.613. The summed E-state index contributed by atoms with van der Waals surface area (Å²) in [7, 11) is 0. The molecule has 0 saturated heterocycles. The van der Waals surface area contributed by atoms with Crippen molar-refractivity contribution >= 4 is 0 Å². The average Bonchev–Trinajstić information content (AvgIpc) is 2.13. The molecule has 0 rings (SSSR count). The third kappa shape index (κ3) is 5.87. The number of allylic oxidation sites excluding steroid dienone is 1. The van der Waals surface area contributed by atoms with E-state index in [2.05, 4.69) is 39.6 Å². The molecular weight excluding hydrogens is 158 g/mol. The van der Waals surface area contributed by atoms with E-state index in [1.807, 2.05) is 6.08 Å². The van der Waals surface area contributed by atoms with Gasteiger partial charge in [-0.3, -0.25) is 0 Å². The van der Waals surface area contributed by atoms with E-state index in [1.165, 1.54) is 12.8 Å². The molecule has 0 saturated carbocycles. The Morgan fingerprint density at radius 2 is 1.92 bits per heavy atom.